The molecule has 1 heterocycles. The van der Waals surface area contributed by atoms with Gasteiger partial charge in [0.05, 0.1) is 24.0 Å². The summed E-state index contributed by atoms with van der Waals surface area (Å²) >= 11 is 0. The molecule has 0 spiro atoms. The molecule has 8 heteroatoms. The monoisotopic (exact) mass is 401 g/mol. The van der Waals surface area contributed by atoms with Crippen molar-refractivity contribution in [3.05, 3.63) is 29.8 Å². The number of anilines is 1. The second-order valence-corrected chi connectivity index (χ2v) is 7.79. The molecule has 8 nitrogen and oxygen atoms in total. The Morgan fingerprint density at radius 2 is 1.90 bits per heavy atom. The van der Waals surface area contributed by atoms with Crippen LogP contribution < -0.4 is 5.32 Å². The van der Waals surface area contributed by atoms with Crippen molar-refractivity contribution in [1.29, 1.82) is 0 Å². The van der Waals surface area contributed by atoms with Gasteiger partial charge in [-0.25, -0.2) is 4.79 Å². The summed E-state index contributed by atoms with van der Waals surface area (Å²) in [4.78, 5) is 48.3. The van der Waals surface area contributed by atoms with E-state index in [1.54, 1.807) is 24.3 Å². The molecule has 2 aliphatic carbocycles. The van der Waals surface area contributed by atoms with Gasteiger partial charge in [-0.2, -0.15) is 0 Å². The van der Waals surface area contributed by atoms with Crippen molar-refractivity contribution in [2.45, 2.75) is 32.3 Å². The molecule has 1 saturated heterocycles. The maximum Gasteiger partial charge on any atom is 0.338 e. The summed E-state index contributed by atoms with van der Waals surface area (Å²) < 4.78 is 15.5. The van der Waals surface area contributed by atoms with Crippen LogP contribution in [0.5, 0.6) is 0 Å². The highest BCUT2D eigenvalue weighted by Crippen LogP contribution is 2.57. The average Bonchev–Trinajstić information content (AvgIpc) is 3.33. The molecular formula is C21H23NO7. The van der Waals surface area contributed by atoms with E-state index in [-0.39, 0.29) is 23.9 Å². The molecule has 1 aromatic rings. The Morgan fingerprint density at radius 1 is 1.14 bits per heavy atom. The molecule has 1 aliphatic heterocycles. The van der Waals surface area contributed by atoms with E-state index in [2.05, 4.69) is 5.32 Å². The number of esters is 3. The van der Waals surface area contributed by atoms with Gasteiger partial charge in [-0.05, 0) is 49.4 Å². The Morgan fingerprint density at radius 3 is 2.62 bits per heavy atom. The van der Waals surface area contributed by atoms with Crippen LogP contribution in [0.4, 0.5) is 5.69 Å². The lowest BCUT2D eigenvalue weighted by atomic mass is 9.80. The minimum absolute atomic E-state index is 0.0490. The molecule has 29 heavy (non-hydrogen) atoms. The first-order valence-corrected chi connectivity index (χ1v) is 9.92. The maximum atomic E-state index is 12.5. The van der Waals surface area contributed by atoms with Crippen LogP contribution in [0.1, 0.15) is 36.5 Å². The smallest absolute Gasteiger partial charge is 0.338 e. The summed E-state index contributed by atoms with van der Waals surface area (Å²) in [6.07, 6.45) is 2.20. The highest BCUT2D eigenvalue weighted by atomic mass is 16.6. The molecule has 4 rings (SSSR count). The number of carbonyl (C=O) groups excluding carboxylic acids is 4. The van der Waals surface area contributed by atoms with E-state index in [4.69, 9.17) is 14.2 Å². The number of nitrogens with one attached hydrogen (secondary N) is 1. The molecule has 1 amide bonds. The van der Waals surface area contributed by atoms with E-state index >= 15 is 0 Å². The van der Waals surface area contributed by atoms with Crippen LogP contribution in [-0.4, -0.2) is 43.1 Å². The van der Waals surface area contributed by atoms with Crippen molar-refractivity contribution >= 4 is 29.5 Å². The number of hydrogen-bond donors (Lipinski definition) is 1. The summed E-state index contributed by atoms with van der Waals surface area (Å²) in [6, 6.07) is 6.26. The fraction of sp³-hybridized carbons (Fsp3) is 0.524. The third-order valence-electron chi connectivity index (χ3n) is 5.94. The van der Waals surface area contributed by atoms with Gasteiger partial charge < -0.3 is 19.5 Å². The van der Waals surface area contributed by atoms with Crippen molar-refractivity contribution in [2.24, 2.45) is 23.7 Å². The second-order valence-electron chi connectivity index (χ2n) is 7.79. The SMILES string of the molecule is CCCOC(=O)c1ccc(NC(=O)COC(=O)[C@@H]2[C@@H]3C[C@@H]4[C@H]2C(=O)O[C@H]4C3)cc1. The van der Waals surface area contributed by atoms with Crippen LogP contribution in [0, 0.1) is 23.7 Å². The average molecular weight is 401 g/mol. The van der Waals surface area contributed by atoms with Crippen molar-refractivity contribution in [2.75, 3.05) is 18.5 Å². The van der Waals surface area contributed by atoms with Gasteiger partial charge in [-0.3, -0.25) is 14.4 Å². The van der Waals surface area contributed by atoms with E-state index in [0.29, 0.717) is 24.3 Å². The number of ether oxygens (including phenoxy) is 3. The van der Waals surface area contributed by atoms with Crippen LogP contribution in [0.2, 0.25) is 0 Å². The molecule has 0 unspecified atom stereocenters. The summed E-state index contributed by atoms with van der Waals surface area (Å²) in [5, 5.41) is 2.61. The lowest BCUT2D eigenvalue weighted by Gasteiger charge is -2.22. The van der Waals surface area contributed by atoms with Gasteiger partial charge in [0.25, 0.3) is 5.91 Å². The molecule has 5 atom stereocenters. The minimum Gasteiger partial charge on any atom is -0.462 e. The summed E-state index contributed by atoms with van der Waals surface area (Å²) in [6.45, 7) is 1.83. The van der Waals surface area contributed by atoms with Crippen LogP contribution in [0.3, 0.4) is 0 Å². The second kappa shape index (κ2) is 7.85. The number of hydrogen-bond acceptors (Lipinski definition) is 7. The normalized spacial score (nSPS) is 28.7. The first-order valence-electron chi connectivity index (χ1n) is 9.92. The third kappa shape index (κ3) is 3.71. The predicted molar refractivity (Wildman–Crippen MR) is 99.7 cm³/mol. The van der Waals surface area contributed by atoms with E-state index in [1.807, 2.05) is 6.92 Å². The lowest BCUT2D eigenvalue weighted by molar-refractivity contribution is -0.157. The van der Waals surface area contributed by atoms with Gasteiger partial charge >= 0.3 is 17.9 Å². The first-order chi connectivity index (χ1) is 14.0. The van der Waals surface area contributed by atoms with Gasteiger partial charge in [-0.15, -0.1) is 0 Å². The first kappa shape index (κ1) is 19.4. The van der Waals surface area contributed by atoms with Crippen LogP contribution in [0.15, 0.2) is 24.3 Å². The van der Waals surface area contributed by atoms with E-state index in [0.717, 1.165) is 12.8 Å². The predicted octanol–water partition coefficient (Wildman–Crippen LogP) is 1.93. The molecule has 2 saturated carbocycles. The van der Waals surface area contributed by atoms with Crippen LogP contribution >= 0.6 is 0 Å². The highest BCUT2D eigenvalue weighted by Gasteiger charge is 2.64. The number of rotatable bonds is 7. The molecule has 154 valence electrons. The van der Waals surface area contributed by atoms with Crippen LogP contribution in [0.25, 0.3) is 0 Å². The molecule has 3 aliphatic rings. The largest absolute Gasteiger partial charge is 0.462 e. The Balaban J connectivity index is 1.27. The van der Waals surface area contributed by atoms with Crippen molar-refractivity contribution in [3.8, 4) is 0 Å². The number of fused-ring (bicyclic) bond motifs is 1. The zero-order valence-electron chi connectivity index (χ0n) is 16.1. The van der Waals surface area contributed by atoms with Crippen molar-refractivity contribution in [1.82, 2.24) is 0 Å². The summed E-state index contributed by atoms with van der Waals surface area (Å²) in [7, 11) is 0. The van der Waals surface area contributed by atoms with Crippen molar-refractivity contribution in [3.63, 3.8) is 0 Å². The minimum atomic E-state index is -0.510. The summed E-state index contributed by atoms with van der Waals surface area (Å²) in [5.74, 6) is -2.46. The Bertz CT molecular complexity index is 832. The fourth-order valence-corrected chi connectivity index (χ4v) is 4.72. The third-order valence-corrected chi connectivity index (χ3v) is 5.94. The molecule has 1 aromatic carbocycles. The molecule has 2 bridgehead atoms. The van der Waals surface area contributed by atoms with Gasteiger partial charge in [0, 0.05) is 11.6 Å². The van der Waals surface area contributed by atoms with Gasteiger partial charge in [0.2, 0.25) is 0 Å². The maximum absolute atomic E-state index is 12.5. The molecular weight excluding hydrogens is 378 g/mol. The van der Waals surface area contributed by atoms with Gasteiger partial charge in [-0.1, -0.05) is 6.92 Å². The molecule has 0 radical (unpaired) electrons. The fourth-order valence-electron chi connectivity index (χ4n) is 4.72. The standard InChI is InChI=1S/C21H23NO7/c1-2-7-27-19(24)11-3-5-13(6-4-11)22-16(23)10-28-20(25)17-12-8-14-15(9-12)29-21(26)18(14)17/h3-6,12,14-15,17-18H,2,7-10H2,1H3,(H,22,23)/t12-,14+,15+,17-,18-/m1/s1. The Labute approximate surface area is 167 Å². The molecule has 0 aromatic heterocycles. The zero-order chi connectivity index (χ0) is 20.5. The number of amides is 1. The van der Waals surface area contributed by atoms with Gasteiger partial charge in [0.1, 0.15) is 6.10 Å². The summed E-state index contributed by atoms with van der Waals surface area (Å²) in [5.41, 5.74) is 0.862. The zero-order valence-corrected chi connectivity index (χ0v) is 16.1. The number of carbonyl (C=O) groups is 4. The quantitative estimate of drug-likeness (QED) is 0.549. The van der Waals surface area contributed by atoms with Crippen molar-refractivity contribution < 1.29 is 33.4 Å². The van der Waals surface area contributed by atoms with E-state index in [9.17, 15) is 19.2 Å². The van der Waals surface area contributed by atoms with E-state index < -0.39 is 36.3 Å². The lowest BCUT2D eigenvalue weighted by Crippen LogP contribution is -2.34. The Hall–Kier alpha value is -2.90. The number of benzene rings is 1. The highest BCUT2D eigenvalue weighted by molar-refractivity contribution is 5.95. The topological polar surface area (TPSA) is 108 Å². The van der Waals surface area contributed by atoms with Crippen LogP contribution in [-0.2, 0) is 28.6 Å². The molecule has 1 N–H and O–H groups in total. The Kier molecular flexibility index (Phi) is 5.25. The van der Waals surface area contributed by atoms with Gasteiger partial charge in [0.15, 0.2) is 6.61 Å². The molecule has 3 fully saturated rings. The van der Waals surface area contributed by atoms with E-state index in [1.165, 1.54) is 0 Å².